The van der Waals surface area contributed by atoms with E-state index in [1.54, 1.807) is 32.9 Å². The smallest absolute Gasteiger partial charge is 0.339 e. The summed E-state index contributed by atoms with van der Waals surface area (Å²) in [6.07, 6.45) is 0.858. The highest BCUT2D eigenvalue weighted by Gasteiger charge is 2.35. The van der Waals surface area contributed by atoms with E-state index in [0.29, 0.717) is 29.9 Å². The summed E-state index contributed by atoms with van der Waals surface area (Å²) in [6, 6.07) is 3.16. The van der Waals surface area contributed by atoms with Gasteiger partial charge in [0, 0.05) is 0 Å². The molecule has 0 aromatic carbocycles. The highest BCUT2D eigenvalue weighted by molar-refractivity contribution is 5.90. The summed E-state index contributed by atoms with van der Waals surface area (Å²) < 4.78 is 4.64. The molecule has 0 amide bonds. The SMILES string of the molecule is CCC(CC)(Nc1ccc(C(=O)OC)c(C)n1)C(=O)O. The zero-order valence-electron chi connectivity index (χ0n) is 12.2. The van der Waals surface area contributed by atoms with Crippen molar-refractivity contribution in [2.24, 2.45) is 0 Å². The molecule has 0 aliphatic heterocycles. The second kappa shape index (κ2) is 6.36. The number of pyridine rings is 1. The van der Waals surface area contributed by atoms with Crippen LogP contribution in [0.5, 0.6) is 0 Å². The number of aliphatic carboxylic acids is 1. The van der Waals surface area contributed by atoms with E-state index in [-0.39, 0.29) is 0 Å². The number of carboxylic acids is 1. The molecule has 0 atom stereocenters. The fourth-order valence-electron chi connectivity index (χ4n) is 1.98. The molecule has 0 radical (unpaired) electrons. The van der Waals surface area contributed by atoms with Gasteiger partial charge in [-0.3, -0.25) is 0 Å². The van der Waals surface area contributed by atoms with E-state index in [1.165, 1.54) is 7.11 Å². The quantitative estimate of drug-likeness (QED) is 0.777. The minimum atomic E-state index is -1.05. The molecular weight excluding hydrogens is 260 g/mol. The largest absolute Gasteiger partial charge is 0.480 e. The van der Waals surface area contributed by atoms with Crippen LogP contribution in [0.3, 0.4) is 0 Å². The van der Waals surface area contributed by atoms with Crippen molar-refractivity contribution in [1.82, 2.24) is 4.98 Å². The number of ether oxygens (including phenoxy) is 1. The molecule has 0 aliphatic carbocycles. The van der Waals surface area contributed by atoms with Crippen LogP contribution in [-0.2, 0) is 9.53 Å². The molecule has 2 N–H and O–H groups in total. The zero-order chi connectivity index (χ0) is 15.3. The molecule has 0 aliphatic rings. The van der Waals surface area contributed by atoms with Gasteiger partial charge in [0.2, 0.25) is 0 Å². The van der Waals surface area contributed by atoms with E-state index in [1.807, 2.05) is 0 Å². The molecule has 1 aromatic heterocycles. The number of esters is 1. The van der Waals surface area contributed by atoms with Gasteiger partial charge in [0.05, 0.1) is 18.4 Å². The van der Waals surface area contributed by atoms with Gasteiger partial charge in [-0.2, -0.15) is 0 Å². The van der Waals surface area contributed by atoms with Crippen LogP contribution < -0.4 is 5.32 Å². The van der Waals surface area contributed by atoms with Crippen molar-refractivity contribution in [3.63, 3.8) is 0 Å². The van der Waals surface area contributed by atoms with Crippen molar-refractivity contribution in [1.29, 1.82) is 0 Å². The molecule has 6 nitrogen and oxygen atoms in total. The van der Waals surface area contributed by atoms with Gasteiger partial charge < -0.3 is 15.2 Å². The minimum Gasteiger partial charge on any atom is -0.480 e. The fraction of sp³-hybridized carbons (Fsp3) is 0.500. The molecular formula is C14H20N2O4. The van der Waals surface area contributed by atoms with Crippen LogP contribution in [0.2, 0.25) is 0 Å². The van der Waals surface area contributed by atoms with Crippen LogP contribution in [0.1, 0.15) is 42.7 Å². The van der Waals surface area contributed by atoms with E-state index in [2.05, 4.69) is 15.0 Å². The lowest BCUT2D eigenvalue weighted by atomic mass is 9.93. The molecule has 20 heavy (non-hydrogen) atoms. The first-order valence-electron chi connectivity index (χ1n) is 6.47. The number of nitrogens with one attached hydrogen (secondary N) is 1. The number of aryl methyl sites for hydroxylation is 1. The van der Waals surface area contributed by atoms with E-state index < -0.39 is 17.5 Å². The highest BCUT2D eigenvalue weighted by Crippen LogP contribution is 2.22. The van der Waals surface area contributed by atoms with Gasteiger partial charge in [0.25, 0.3) is 0 Å². The van der Waals surface area contributed by atoms with Gasteiger partial charge in [-0.25, -0.2) is 14.6 Å². The lowest BCUT2D eigenvalue weighted by Crippen LogP contribution is -2.45. The molecule has 1 rings (SSSR count). The van der Waals surface area contributed by atoms with Gasteiger partial charge in [0.15, 0.2) is 0 Å². The third kappa shape index (κ3) is 3.07. The van der Waals surface area contributed by atoms with Crippen molar-refractivity contribution >= 4 is 17.8 Å². The van der Waals surface area contributed by atoms with E-state index in [0.717, 1.165) is 0 Å². The molecule has 0 fully saturated rings. The number of rotatable bonds is 6. The predicted octanol–water partition coefficient (Wildman–Crippen LogP) is 2.23. The van der Waals surface area contributed by atoms with Crippen LogP contribution >= 0.6 is 0 Å². The topological polar surface area (TPSA) is 88.5 Å². The normalized spacial score (nSPS) is 11.0. The van der Waals surface area contributed by atoms with Crippen molar-refractivity contribution < 1.29 is 19.4 Å². The van der Waals surface area contributed by atoms with Gasteiger partial charge in [0.1, 0.15) is 11.4 Å². The van der Waals surface area contributed by atoms with Crippen LogP contribution in [-0.4, -0.2) is 34.7 Å². The van der Waals surface area contributed by atoms with Crippen molar-refractivity contribution in [2.45, 2.75) is 39.2 Å². The summed E-state index contributed by atoms with van der Waals surface area (Å²) in [7, 11) is 1.30. The fourth-order valence-corrected chi connectivity index (χ4v) is 1.98. The summed E-state index contributed by atoms with van der Waals surface area (Å²) >= 11 is 0. The van der Waals surface area contributed by atoms with Crippen LogP contribution in [0.15, 0.2) is 12.1 Å². The lowest BCUT2D eigenvalue weighted by Gasteiger charge is -2.28. The van der Waals surface area contributed by atoms with E-state index >= 15 is 0 Å². The molecule has 6 heteroatoms. The number of hydrogen-bond donors (Lipinski definition) is 2. The molecule has 0 saturated carbocycles. The summed E-state index contributed by atoms with van der Waals surface area (Å²) in [5.74, 6) is -0.947. The third-order valence-electron chi connectivity index (χ3n) is 3.47. The first-order valence-corrected chi connectivity index (χ1v) is 6.47. The maximum Gasteiger partial charge on any atom is 0.339 e. The summed E-state index contributed by atoms with van der Waals surface area (Å²) in [5, 5.41) is 12.3. The van der Waals surface area contributed by atoms with Crippen molar-refractivity contribution in [2.75, 3.05) is 12.4 Å². The lowest BCUT2D eigenvalue weighted by molar-refractivity contribution is -0.142. The Balaban J connectivity index is 3.07. The summed E-state index contributed by atoms with van der Waals surface area (Å²) in [5.41, 5.74) is -0.188. The van der Waals surface area contributed by atoms with E-state index in [4.69, 9.17) is 0 Å². The number of nitrogens with zero attached hydrogens (tertiary/aromatic N) is 1. The van der Waals surface area contributed by atoms with Gasteiger partial charge in [-0.1, -0.05) is 13.8 Å². The minimum absolute atomic E-state index is 0.368. The molecule has 0 bridgehead atoms. The first kappa shape index (κ1) is 15.9. The monoisotopic (exact) mass is 280 g/mol. The van der Waals surface area contributed by atoms with Gasteiger partial charge >= 0.3 is 11.9 Å². The number of aromatic nitrogens is 1. The summed E-state index contributed by atoms with van der Waals surface area (Å²) in [6.45, 7) is 5.29. The summed E-state index contributed by atoms with van der Waals surface area (Å²) in [4.78, 5) is 27.1. The Kier molecular flexibility index (Phi) is 5.07. The number of hydrogen-bond acceptors (Lipinski definition) is 5. The second-order valence-electron chi connectivity index (χ2n) is 4.54. The number of anilines is 1. The van der Waals surface area contributed by atoms with Crippen LogP contribution in [0, 0.1) is 6.92 Å². The predicted molar refractivity (Wildman–Crippen MR) is 74.9 cm³/mol. The Morgan fingerprint density at radius 1 is 1.35 bits per heavy atom. The average molecular weight is 280 g/mol. The maximum atomic E-state index is 11.5. The Morgan fingerprint density at radius 2 is 1.95 bits per heavy atom. The van der Waals surface area contributed by atoms with Crippen LogP contribution in [0.25, 0.3) is 0 Å². The highest BCUT2D eigenvalue weighted by atomic mass is 16.5. The zero-order valence-corrected chi connectivity index (χ0v) is 12.2. The molecule has 0 saturated heterocycles. The van der Waals surface area contributed by atoms with Gasteiger partial charge in [-0.05, 0) is 31.9 Å². The standard InChI is InChI=1S/C14H20N2O4/c1-5-14(6-2,13(18)19)16-11-8-7-10(9(3)15-11)12(17)20-4/h7-8H,5-6H2,1-4H3,(H,15,16)(H,18,19). The molecule has 1 aromatic rings. The Labute approximate surface area is 118 Å². The first-order chi connectivity index (χ1) is 9.40. The van der Waals surface area contributed by atoms with Gasteiger partial charge in [-0.15, -0.1) is 0 Å². The maximum absolute atomic E-state index is 11.5. The number of methoxy groups -OCH3 is 1. The molecule has 0 spiro atoms. The third-order valence-corrected chi connectivity index (χ3v) is 3.47. The second-order valence-corrected chi connectivity index (χ2v) is 4.54. The number of carbonyl (C=O) groups is 2. The van der Waals surface area contributed by atoms with E-state index in [9.17, 15) is 14.7 Å². The Bertz CT molecular complexity index is 510. The average Bonchev–Trinajstić information content (AvgIpc) is 2.43. The Hall–Kier alpha value is -2.11. The molecule has 110 valence electrons. The van der Waals surface area contributed by atoms with Crippen molar-refractivity contribution in [3.05, 3.63) is 23.4 Å². The van der Waals surface area contributed by atoms with Crippen LogP contribution in [0.4, 0.5) is 5.82 Å². The van der Waals surface area contributed by atoms with Crippen molar-refractivity contribution in [3.8, 4) is 0 Å². The Morgan fingerprint density at radius 3 is 2.35 bits per heavy atom. The molecule has 0 unspecified atom stereocenters. The number of carboxylic acid groups (broad SMARTS) is 1. The number of carbonyl (C=O) groups excluding carboxylic acids is 1. The molecule has 1 heterocycles.